The molecule has 162 valence electrons. The fourth-order valence-electron chi connectivity index (χ4n) is 3.35. The van der Waals surface area contributed by atoms with Crippen LogP contribution >= 0.6 is 11.8 Å². The van der Waals surface area contributed by atoms with Gasteiger partial charge in [0.15, 0.2) is 0 Å². The van der Waals surface area contributed by atoms with Crippen LogP contribution in [0.2, 0.25) is 0 Å². The number of benzene rings is 3. The number of halogens is 1. The van der Waals surface area contributed by atoms with Crippen LogP contribution in [0.1, 0.15) is 17.0 Å². The molecule has 0 aliphatic heterocycles. The molecule has 5 nitrogen and oxygen atoms in total. The molecular weight excluding hydrogens is 425 g/mol. The molecule has 0 bridgehead atoms. The normalized spacial score (nSPS) is 10.9. The summed E-state index contributed by atoms with van der Waals surface area (Å²) in [5.74, 6) is 0.984. The van der Waals surface area contributed by atoms with Crippen molar-refractivity contribution < 1.29 is 9.18 Å². The molecule has 1 aromatic heterocycles. The van der Waals surface area contributed by atoms with E-state index in [-0.39, 0.29) is 29.6 Å². The van der Waals surface area contributed by atoms with Gasteiger partial charge in [-0.1, -0.05) is 54.6 Å². The largest absolute Gasteiger partial charge is 0.330 e. The van der Waals surface area contributed by atoms with Crippen molar-refractivity contribution in [2.45, 2.75) is 18.8 Å². The lowest BCUT2D eigenvalue weighted by Crippen LogP contribution is -2.33. The number of nitrogens with one attached hydrogen (secondary N) is 1. The molecule has 32 heavy (non-hydrogen) atoms. The summed E-state index contributed by atoms with van der Waals surface area (Å²) in [4.78, 5) is 34.5. The molecule has 0 fully saturated rings. The minimum Gasteiger partial charge on any atom is -0.330 e. The number of aromatic amines is 1. The predicted molar refractivity (Wildman–Crippen MR) is 126 cm³/mol. The second kappa shape index (κ2) is 10.2. The molecule has 0 aliphatic rings. The zero-order chi connectivity index (χ0) is 22.3. The number of hydrogen-bond donors (Lipinski definition) is 1. The molecule has 0 saturated carbocycles. The smallest absolute Gasteiger partial charge is 0.258 e. The maximum absolute atomic E-state index is 13.1. The molecule has 0 unspecified atom stereocenters. The number of carbonyl (C=O) groups excluding carboxylic acids is 1. The highest BCUT2D eigenvalue weighted by Gasteiger charge is 2.17. The van der Waals surface area contributed by atoms with E-state index in [0.29, 0.717) is 29.0 Å². The third kappa shape index (κ3) is 5.62. The van der Waals surface area contributed by atoms with Crippen molar-refractivity contribution in [1.29, 1.82) is 0 Å². The summed E-state index contributed by atoms with van der Waals surface area (Å²) in [5.41, 5.74) is 2.33. The van der Waals surface area contributed by atoms with Crippen LogP contribution in [0.4, 0.5) is 4.39 Å². The Morgan fingerprint density at radius 1 is 0.906 bits per heavy atom. The van der Waals surface area contributed by atoms with E-state index in [1.165, 1.54) is 23.9 Å². The summed E-state index contributed by atoms with van der Waals surface area (Å²) in [6.07, 6.45) is 0. The summed E-state index contributed by atoms with van der Waals surface area (Å²) in [5, 5.41) is 0.520. The summed E-state index contributed by atoms with van der Waals surface area (Å²) < 4.78 is 13.1. The standard InChI is InChI=1S/C25H22FN3O2S/c26-20-12-10-19(11-13-20)16-32-17-24(30)29(14-18-6-2-1-3-7-18)15-23-27-22-9-5-4-8-21(22)25(31)28-23/h1-13H,14-17H2,(H,27,28,31). The van der Waals surface area contributed by atoms with Gasteiger partial charge in [-0.15, -0.1) is 11.8 Å². The number of amides is 1. The molecular formula is C25H22FN3O2S. The first kappa shape index (κ1) is 21.8. The first-order chi connectivity index (χ1) is 15.6. The minimum atomic E-state index is -0.277. The van der Waals surface area contributed by atoms with Crippen LogP contribution in [-0.4, -0.2) is 26.5 Å². The van der Waals surface area contributed by atoms with Crippen LogP contribution in [0.25, 0.3) is 10.9 Å². The zero-order valence-corrected chi connectivity index (χ0v) is 18.1. The number of aromatic nitrogens is 2. The van der Waals surface area contributed by atoms with Gasteiger partial charge in [-0.2, -0.15) is 0 Å². The van der Waals surface area contributed by atoms with Gasteiger partial charge in [0.05, 0.1) is 23.2 Å². The van der Waals surface area contributed by atoms with Crippen molar-refractivity contribution >= 4 is 28.6 Å². The highest BCUT2D eigenvalue weighted by molar-refractivity contribution is 7.99. The minimum absolute atomic E-state index is 0.0585. The molecule has 0 radical (unpaired) electrons. The summed E-state index contributed by atoms with van der Waals surface area (Å²) >= 11 is 1.47. The Kier molecular flexibility index (Phi) is 6.97. The average Bonchev–Trinajstić information content (AvgIpc) is 2.80. The van der Waals surface area contributed by atoms with Gasteiger partial charge >= 0.3 is 0 Å². The fourth-order valence-corrected chi connectivity index (χ4v) is 4.24. The fraction of sp³-hybridized carbons (Fsp3) is 0.160. The molecule has 0 spiro atoms. The SMILES string of the molecule is O=C(CSCc1ccc(F)cc1)N(Cc1ccccc1)Cc1nc2ccccc2c(=O)[nH]1. The molecule has 4 rings (SSSR count). The highest BCUT2D eigenvalue weighted by atomic mass is 32.2. The third-order valence-corrected chi connectivity index (χ3v) is 5.97. The number of hydrogen-bond acceptors (Lipinski definition) is 4. The van der Waals surface area contributed by atoms with Gasteiger partial charge in [0.1, 0.15) is 11.6 Å². The van der Waals surface area contributed by atoms with Gasteiger partial charge in [-0.05, 0) is 35.4 Å². The number of nitrogens with zero attached hydrogens (tertiary/aromatic N) is 2. The quantitative estimate of drug-likeness (QED) is 0.431. The van der Waals surface area contributed by atoms with E-state index in [0.717, 1.165) is 11.1 Å². The first-order valence-electron chi connectivity index (χ1n) is 10.2. The Morgan fingerprint density at radius 2 is 1.62 bits per heavy atom. The van der Waals surface area contributed by atoms with E-state index in [4.69, 9.17) is 0 Å². The van der Waals surface area contributed by atoms with E-state index in [1.807, 2.05) is 36.4 Å². The molecule has 1 heterocycles. The van der Waals surface area contributed by atoms with Crippen LogP contribution in [-0.2, 0) is 23.6 Å². The first-order valence-corrected chi connectivity index (χ1v) is 11.4. The van der Waals surface area contributed by atoms with Crippen molar-refractivity contribution in [2.24, 2.45) is 0 Å². The van der Waals surface area contributed by atoms with E-state index >= 15 is 0 Å². The van der Waals surface area contributed by atoms with Gasteiger partial charge in [-0.25, -0.2) is 9.37 Å². The number of para-hydroxylation sites is 1. The molecule has 0 saturated heterocycles. The van der Waals surface area contributed by atoms with Gasteiger partial charge in [-0.3, -0.25) is 9.59 Å². The summed E-state index contributed by atoms with van der Waals surface area (Å²) in [7, 11) is 0. The zero-order valence-electron chi connectivity index (χ0n) is 17.3. The number of H-pyrrole nitrogens is 1. The Hall–Kier alpha value is -3.45. The van der Waals surface area contributed by atoms with Gasteiger partial charge in [0.25, 0.3) is 5.56 Å². The van der Waals surface area contributed by atoms with Crippen LogP contribution in [0.3, 0.4) is 0 Å². The molecule has 1 amide bonds. The van der Waals surface area contributed by atoms with E-state index < -0.39 is 0 Å². The Balaban J connectivity index is 1.49. The van der Waals surface area contributed by atoms with Crippen LogP contribution in [0, 0.1) is 5.82 Å². The monoisotopic (exact) mass is 447 g/mol. The maximum atomic E-state index is 13.1. The summed E-state index contributed by atoms with van der Waals surface area (Å²) in [6.45, 7) is 0.609. The molecule has 0 aliphatic carbocycles. The number of thioether (sulfide) groups is 1. The topological polar surface area (TPSA) is 66.1 Å². The third-order valence-electron chi connectivity index (χ3n) is 4.98. The van der Waals surface area contributed by atoms with Crippen molar-refractivity contribution in [2.75, 3.05) is 5.75 Å². The van der Waals surface area contributed by atoms with E-state index in [2.05, 4.69) is 9.97 Å². The molecule has 1 N–H and O–H groups in total. The van der Waals surface area contributed by atoms with Crippen molar-refractivity contribution in [3.05, 3.63) is 112 Å². The van der Waals surface area contributed by atoms with Gasteiger partial charge in [0, 0.05) is 12.3 Å². The van der Waals surface area contributed by atoms with E-state index in [1.54, 1.807) is 35.2 Å². The van der Waals surface area contributed by atoms with Crippen LogP contribution in [0.5, 0.6) is 0 Å². The molecule has 4 aromatic rings. The lowest BCUT2D eigenvalue weighted by molar-refractivity contribution is -0.129. The molecule has 7 heteroatoms. The number of carbonyl (C=O) groups is 1. The second-order valence-electron chi connectivity index (χ2n) is 7.38. The maximum Gasteiger partial charge on any atom is 0.258 e. The van der Waals surface area contributed by atoms with E-state index in [9.17, 15) is 14.0 Å². The Morgan fingerprint density at radius 3 is 2.41 bits per heavy atom. The predicted octanol–water partition coefficient (Wildman–Crippen LogP) is 4.52. The Labute approximate surface area is 189 Å². The Bertz CT molecular complexity index is 1260. The summed E-state index contributed by atoms with van der Waals surface area (Å²) in [6, 6.07) is 23.1. The molecule has 0 atom stereocenters. The van der Waals surface area contributed by atoms with Crippen LogP contribution in [0.15, 0.2) is 83.7 Å². The second-order valence-corrected chi connectivity index (χ2v) is 8.37. The van der Waals surface area contributed by atoms with Crippen molar-refractivity contribution in [3.63, 3.8) is 0 Å². The van der Waals surface area contributed by atoms with Gasteiger partial charge in [0.2, 0.25) is 5.91 Å². The van der Waals surface area contributed by atoms with Crippen molar-refractivity contribution in [1.82, 2.24) is 14.9 Å². The van der Waals surface area contributed by atoms with Crippen LogP contribution < -0.4 is 5.56 Å². The highest BCUT2D eigenvalue weighted by Crippen LogP contribution is 2.16. The number of fused-ring (bicyclic) bond motifs is 1. The van der Waals surface area contributed by atoms with Gasteiger partial charge < -0.3 is 9.88 Å². The lowest BCUT2D eigenvalue weighted by Gasteiger charge is -2.22. The molecule has 3 aromatic carbocycles. The average molecular weight is 448 g/mol. The number of rotatable bonds is 8. The van der Waals surface area contributed by atoms with Crippen molar-refractivity contribution in [3.8, 4) is 0 Å². The lowest BCUT2D eigenvalue weighted by atomic mass is 10.2.